The molecule has 0 bridgehead atoms. The molecule has 1 N–H and O–H groups in total. The van der Waals surface area contributed by atoms with E-state index in [0.717, 1.165) is 0 Å². The lowest BCUT2D eigenvalue weighted by atomic mass is 9.81. The van der Waals surface area contributed by atoms with Gasteiger partial charge in [-0.25, -0.2) is 0 Å². The van der Waals surface area contributed by atoms with Gasteiger partial charge in [-0.15, -0.1) is 0 Å². The first-order chi connectivity index (χ1) is 19.2. The molecular weight excluding hydrogens is 528 g/mol. The Morgan fingerprint density at radius 2 is 1.23 bits per heavy atom. The van der Waals surface area contributed by atoms with E-state index in [4.69, 9.17) is 18.9 Å². The minimum atomic E-state index is -4.68. The van der Waals surface area contributed by atoms with Gasteiger partial charge in [0.15, 0.2) is 0 Å². The van der Waals surface area contributed by atoms with Gasteiger partial charge in [-0.05, 0) is 91.0 Å². The molecule has 0 fully saturated rings. The van der Waals surface area contributed by atoms with Crippen LogP contribution in [0.5, 0.6) is 0 Å². The molecule has 0 amide bonds. The van der Waals surface area contributed by atoms with E-state index in [1.807, 2.05) is 13.8 Å². The minimum absolute atomic E-state index is 0.0481. The van der Waals surface area contributed by atoms with Gasteiger partial charge in [-0.2, -0.15) is 8.42 Å². The van der Waals surface area contributed by atoms with Crippen molar-refractivity contribution in [3.63, 3.8) is 0 Å². The fraction of sp³-hybridized carbons (Fsp3) is 0.438. The van der Waals surface area contributed by atoms with E-state index in [-0.39, 0.29) is 56.4 Å². The highest BCUT2D eigenvalue weighted by atomic mass is 32.2. The molecule has 0 spiro atoms. The van der Waals surface area contributed by atoms with E-state index in [0.29, 0.717) is 17.6 Å². The molecule has 8 heteroatoms. The van der Waals surface area contributed by atoms with Crippen LogP contribution in [0.2, 0.25) is 0 Å². The maximum Gasteiger partial charge on any atom is 0.298 e. The summed E-state index contributed by atoms with van der Waals surface area (Å²) in [6.45, 7) is 14.5. The number of hydrogen-bond donors (Lipinski definition) is 1. The van der Waals surface area contributed by atoms with Crippen LogP contribution in [-0.4, -0.2) is 54.0 Å². The summed E-state index contributed by atoms with van der Waals surface area (Å²) in [4.78, 5) is -0.356. The molecule has 0 aliphatic carbocycles. The van der Waals surface area contributed by atoms with E-state index in [1.54, 1.807) is 0 Å². The van der Waals surface area contributed by atoms with Crippen molar-refractivity contribution in [2.45, 2.75) is 33.1 Å². The van der Waals surface area contributed by atoms with Crippen LogP contribution >= 0.6 is 0 Å². The van der Waals surface area contributed by atoms with Crippen LogP contribution < -0.4 is 0 Å². The van der Waals surface area contributed by atoms with Crippen LogP contribution in [-0.2, 0) is 29.1 Å². The van der Waals surface area contributed by atoms with Crippen LogP contribution in [0.25, 0.3) is 0 Å². The number of rotatable bonds is 17. The average molecular weight is 565 g/mol. The second-order valence-electron chi connectivity index (χ2n) is 8.23. The Morgan fingerprint density at radius 1 is 0.750 bits per heavy atom. The third-order valence-electron chi connectivity index (χ3n) is 5.44. The molecule has 0 heterocycles. The molecule has 0 aromatic carbocycles. The minimum Gasteiger partial charge on any atom is -0.359 e. The molecule has 212 valence electrons. The topological polar surface area (TPSA) is 91.3 Å². The lowest BCUT2D eigenvalue weighted by Crippen LogP contribution is -2.22. The maximum atomic E-state index is 12.6. The monoisotopic (exact) mass is 564 g/mol. The Morgan fingerprint density at radius 3 is 1.68 bits per heavy atom. The van der Waals surface area contributed by atoms with Crippen molar-refractivity contribution >= 4 is 10.1 Å². The molecule has 0 aliphatic heterocycles. The van der Waals surface area contributed by atoms with Crippen LogP contribution in [0.3, 0.4) is 0 Å². The molecule has 0 aromatic rings. The van der Waals surface area contributed by atoms with Gasteiger partial charge in [0.1, 0.15) is 18.5 Å². The zero-order valence-electron chi connectivity index (χ0n) is 23.6. The molecule has 3 unspecified atom stereocenters. The molecule has 0 aromatic heterocycles. The largest absolute Gasteiger partial charge is 0.359 e. The fourth-order valence-electron chi connectivity index (χ4n) is 3.63. The van der Waals surface area contributed by atoms with Crippen molar-refractivity contribution in [2.24, 2.45) is 17.8 Å². The Kier molecular flexibility index (Phi) is 20.1. The maximum absolute atomic E-state index is 12.6. The van der Waals surface area contributed by atoms with Crippen LogP contribution in [0, 0.1) is 17.8 Å². The third-order valence-corrected chi connectivity index (χ3v) is 6.43. The van der Waals surface area contributed by atoms with Crippen LogP contribution in [0.4, 0.5) is 0 Å². The Hall–Kier alpha value is -3.67. The fourth-order valence-corrected chi connectivity index (χ4v) is 4.42. The first-order valence-electron chi connectivity index (χ1n) is 12.2. The smallest absolute Gasteiger partial charge is 0.298 e. The van der Waals surface area contributed by atoms with Gasteiger partial charge < -0.3 is 18.9 Å². The zero-order valence-corrected chi connectivity index (χ0v) is 24.4. The van der Waals surface area contributed by atoms with Crippen molar-refractivity contribution < 1.29 is 31.9 Å². The molecule has 3 atom stereocenters. The number of ether oxygens (including phenoxy) is 4. The van der Waals surface area contributed by atoms with Crippen molar-refractivity contribution in [3.8, 4) is 0 Å². The summed E-state index contributed by atoms with van der Waals surface area (Å²) in [6.07, 6.45) is 1.13. The second-order valence-corrected chi connectivity index (χ2v) is 9.62. The molecule has 0 rings (SSSR count). The SMILES string of the molecule is C=C=C=C=C=C(COCOC)C(C)CC(CC(CC)C(=C=C=C=C=C)COCOC)C(=C=C=C=C=C)S(=O)(=O)O. The Bertz CT molecular complexity index is 1440. The predicted molar refractivity (Wildman–Crippen MR) is 152 cm³/mol. The van der Waals surface area contributed by atoms with Gasteiger partial charge in [-0.3, -0.25) is 4.55 Å². The van der Waals surface area contributed by atoms with E-state index < -0.39 is 16.0 Å². The highest BCUT2D eigenvalue weighted by Gasteiger charge is 2.31. The quantitative estimate of drug-likeness (QED) is 0.105. The van der Waals surface area contributed by atoms with E-state index in [1.165, 1.54) is 14.2 Å². The molecule has 0 saturated carbocycles. The Balaban J connectivity index is 7.07. The summed E-state index contributed by atoms with van der Waals surface area (Å²) >= 11 is 0. The number of hydrogen-bond acceptors (Lipinski definition) is 6. The second kappa shape index (κ2) is 22.2. The molecule has 0 saturated heterocycles. The molecule has 7 nitrogen and oxygen atoms in total. The highest BCUT2D eigenvalue weighted by molar-refractivity contribution is 7.89. The molecule has 0 aliphatic rings. The summed E-state index contributed by atoms with van der Waals surface area (Å²) in [5, 5.41) is 0. The van der Waals surface area contributed by atoms with Crippen molar-refractivity contribution in [1.82, 2.24) is 0 Å². The lowest BCUT2D eigenvalue weighted by molar-refractivity contribution is -0.0234. The van der Waals surface area contributed by atoms with Gasteiger partial charge in [0.25, 0.3) is 10.1 Å². The molecule has 0 radical (unpaired) electrons. The summed E-state index contributed by atoms with van der Waals surface area (Å²) in [5.41, 5.74) is 32.7. The van der Waals surface area contributed by atoms with Crippen LogP contribution in [0.1, 0.15) is 33.1 Å². The van der Waals surface area contributed by atoms with Crippen molar-refractivity contribution in [2.75, 3.05) is 41.0 Å². The predicted octanol–water partition coefficient (Wildman–Crippen LogP) is 5.66. The van der Waals surface area contributed by atoms with E-state index in [9.17, 15) is 13.0 Å². The molecule has 40 heavy (non-hydrogen) atoms. The summed E-state index contributed by atoms with van der Waals surface area (Å²) in [5.74, 6) is -1.25. The highest BCUT2D eigenvalue weighted by Crippen LogP contribution is 2.35. The Labute approximate surface area is 238 Å². The standard InChI is InChI=1S/C32H36O7S/c1-8-12-15-18-29(23-38-25-36-6)27(5)21-31(32(40(33,34)35)20-17-14-10-3)22-28(11-4)30(19-16-13-9-2)24-39-26-37-7/h27-28,31H,1-3,11,21-26H2,4-7H3,(H,33,34,35). The van der Waals surface area contributed by atoms with Gasteiger partial charge >= 0.3 is 0 Å². The summed E-state index contributed by atoms with van der Waals surface area (Å²) in [6, 6.07) is 0. The lowest BCUT2D eigenvalue weighted by Gasteiger charge is -2.26. The number of allylic oxidation sites excluding steroid dienone is 1. The van der Waals surface area contributed by atoms with Gasteiger partial charge in [0.05, 0.1) is 13.2 Å². The van der Waals surface area contributed by atoms with Crippen molar-refractivity contribution in [3.05, 3.63) is 105 Å². The zero-order chi connectivity index (χ0) is 30.2. The van der Waals surface area contributed by atoms with Gasteiger partial charge in [0.2, 0.25) is 0 Å². The average Bonchev–Trinajstić information content (AvgIpc) is 2.91. The first kappa shape index (κ1) is 36.3. The van der Waals surface area contributed by atoms with Crippen molar-refractivity contribution in [1.29, 1.82) is 0 Å². The van der Waals surface area contributed by atoms with Crippen LogP contribution in [0.15, 0.2) is 105 Å². The summed E-state index contributed by atoms with van der Waals surface area (Å²) in [7, 11) is -1.67. The van der Waals surface area contributed by atoms with Gasteiger partial charge in [-0.1, -0.05) is 42.5 Å². The number of methoxy groups -OCH3 is 2. The first-order valence-corrected chi connectivity index (χ1v) is 13.7. The third kappa shape index (κ3) is 15.7. The van der Waals surface area contributed by atoms with E-state index >= 15 is 0 Å². The normalized spacial score (nSPS) is 11.7. The van der Waals surface area contributed by atoms with Gasteiger partial charge in [0, 0.05) is 31.3 Å². The molecular formula is C32H36O7S. The van der Waals surface area contributed by atoms with E-state index in [2.05, 4.69) is 88.5 Å². The summed E-state index contributed by atoms with van der Waals surface area (Å²) < 4.78 is 56.3.